The molecule has 0 unspecified atom stereocenters. The molecule has 2 nitrogen and oxygen atoms in total. The fourth-order valence-corrected chi connectivity index (χ4v) is 1.42. The summed E-state index contributed by atoms with van der Waals surface area (Å²) in [5.41, 5.74) is 5.68. The smallest absolute Gasteiger partial charge is 0.0566 e. The lowest BCUT2D eigenvalue weighted by atomic mass is 9.85. The standard InChI is InChI=1S/C7H15NO/c1-5-4-6(8)2-3-7(5)9/h5-7,9H,2-4,8H2,1H3/t5-,6-,7+/m1/s1. The number of hydrogen-bond acceptors (Lipinski definition) is 2. The lowest BCUT2D eigenvalue weighted by molar-refractivity contribution is 0.0721. The summed E-state index contributed by atoms with van der Waals surface area (Å²) in [5.74, 6) is 0.411. The lowest BCUT2D eigenvalue weighted by Gasteiger charge is -2.28. The Kier molecular flexibility index (Phi) is 2.09. The molecule has 1 aliphatic carbocycles. The van der Waals surface area contributed by atoms with Crippen molar-refractivity contribution in [2.45, 2.75) is 38.3 Å². The van der Waals surface area contributed by atoms with E-state index in [0.717, 1.165) is 19.3 Å². The Labute approximate surface area is 56.1 Å². The summed E-state index contributed by atoms with van der Waals surface area (Å²) in [6.07, 6.45) is 2.78. The Morgan fingerprint density at radius 1 is 1.44 bits per heavy atom. The number of rotatable bonds is 0. The molecule has 0 aliphatic heterocycles. The Bertz CT molecular complexity index is 94.9. The second-order valence-electron chi connectivity index (χ2n) is 3.12. The number of nitrogens with two attached hydrogens (primary N) is 1. The van der Waals surface area contributed by atoms with Gasteiger partial charge in [0.05, 0.1) is 6.10 Å². The molecule has 0 radical (unpaired) electrons. The van der Waals surface area contributed by atoms with E-state index >= 15 is 0 Å². The Balaban J connectivity index is 2.35. The molecule has 1 fully saturated rings. The van der Waals surface area contributed by atoms with Gasteiger partial charge in [0.1, 0.15) is 0 Å². The lowest BCUT2D eigenvalue weighted by Crippen LogP contribution is -2.34. The van der Waals surface area contributed by atoms with Crippen LogP contribution in [0.5, 0.6) is 0 Å². The summed E-state index contributed by atoms with van der Waals surface area (Å²) in [5, 5.41) is 9.24. The van der Waals surface area contributed by atoms with Crippen LogP contribution in [0.1, 0.15) is 26.2 Å². The van der Waals surface area contributed by atoms with Crippen LogP contribution in [0.15, 0.2) is 0 Å². The average Bonchev–Trinajstić information content (AvgIpc) is 1.80. The Morgan fingerprint density at radius 2 is 2.11 bits per heavy atom. The molecule has 3 atom stereocenters. The van der Waals surface area contributed by atoms with Crippen LogP contribution in [-0.4, -0.2) is 17.3 Å². The SMILES string of the molecule is C[C@@H]1C[C@H](N)CC[C@@H]1O. The molecule has 3 N–H and O–H groups in total. The van der Waals surface area contributed by atoms with Crippen molar-refractivity contribution in [2.75, 3.05) is 0 Å². The van der Waals surface area contributed by atoms with Gasteiger partial charge in [-0.15, -0.1) is 0 Å². The van der Waals surface area contributed by atoms with Crippen molar-refractivity contribution in [3.8, 4) is 0 Å². The quantitative estimate of drug-likeness (QED) is 0.500. The van der Waals surface area contributed by atoms with Crippen molar-refractivity contribution in [3.05, 3.63) is 0 Å². The van der Waals surface area contributed by atoms with Gasteiger partial charge >= 0.3 is 0 Å². The van der Waals surface area contributed by atoms with Gasteiger partial charge in [-0.2, -0.15) is 0 Å². The number of hydrogen-bond donors (Lipinski definition) is 2. The van der Waals surface area contributed by atoms with Crippen LogP contribution in [0, 0.1) is 5.92 Å². The molecule has 0 saturated heterocycles. The molecule has 0 aromatic rings. The zero-order chi connectivity index (χ0) is 6.85. The van der Waals surface area contributed by atoms with E-state index in [2.05, 4.69) is 6.92 Å². The largest absolute Gasteiger partial charge is 0.393 e. The van der Waals surface area contributed by atoms with Crippen LogP contribution in [-0.2, 0) is 0 Å². The molecule has 54 valence electrons. The van der Waals surface area contributed by atoms with Crippen molar-refractivity contribution in [3.63, 3.8) is 0 Å². The normalized spacial score (nSPS) is 45.0. The Hall–Kier alpha value is -0.0800. The molecule has 0 aromatic heterocycles. The number of aliphatic hydroxyl groups excluding tert-OH is 1. The molecule has 2 heteroatoms. The van der Waals surface area contributed by atoms with E-state index in [1.54, 1.807) is 0 Å². The maximum Gasteiger partial charge on any atom is 0.0566 e. The van der Waals surface area contributed by atoms with Crippen LogP contribution in [0.3, 0.4) is 0 Å². The summed E-state index contributed by atoms with van der Waals surface area (Å²) < 4.78 is 0. The second kappa shape index (κ2) is 2.67. The fourth-order valence-electron chi connectivity index (χ4n) is 1.42. The van der Waals surface area contributed by atoms with Crippen LogP contribution >= 0.6 is 0 Å². The first-order valence-electron chi connectivity index (χ1n) is 3.64. The van der Waals surface area contributed by atoms with E-state index in [4.69, 9.17) is 5.73 Å². The van der Waals surface area contributed by atoms with E-state index in [9.17, 15) is 5.11 Å². The average molecular weight is 129 g/mol. The molecule has 0 spiro atoms. The van der Waals surface area contributed by atoms with Gasteiger partial charge in [0.15, 0.2) is 0 Å². The minimum Gasteiger partial charge on any atom is -0.393 e. The summed E-state index contributed by atoms with van der Waals surface area (Å²) in [6.45, 7) is 2.06. The summed E-state index contributed by atoms with van der Waals surface area (Å²) in [6, 6.07) is 0.336. The maximum absolute atomic E-state index is 9.24. The van der Waals surface area contributed by atoms with E-state index in [1.165, 1.54) is 0 Å². The minimum atomic E-state index is -0.0928. The van der Waals surface area contributed by atoms with Gasteiger partial charge in [0.25, 0.3) is 0 Å². The highest BCUT2D eigenvalue weighted by atomic mass is 16.3. The molecule has 0 heterocycles. The van der Waals surface area contributed by atoms with Crippen LogP contribution < -0.4 is 5.73 Å². The first-order valence-corrected chi connectivity index (χ1v) is 3.64. The third-order valence-electron chi connectivity index (χ3n) is 2.16. The molecule has 0 bridgehead atoms. The highest BCUT2D eigenvalue weighted by Gasteiger charge is 2.22. The van der Waals surface area contributed by atoms with Gasteiger partial charge in [0.2, 0.25) is 0 Å². The van der Waals surface area contributed by atoms with Gasteiger partial charge in [-0.05, 0) is 25.2 Å². The van der Waals surface area contributed by atoms with Crippen molar-refractivity contribution >= 4 is 0 Å². The zero-order valence-corrected chi connectivity index (χ0v) is 5.88. The maximum atomic E-state index is 9.24. The molecular formula is C7H15NO. The second-order valence-corrected chi connectivity index (χ2v) is 3.12. The molecule has 1 rings (SSSR count). The third kappa shape index (κ3) is 1.66. The van der Waals surface area contributed by atoms with E-state index < -0.39 is 0 Å². The van der Waals surface area contributed by atoms with Crippen molar-refractivity contribution in [1.29, 1.82) is 0 Å². The summed E-state index contributed by atoms with van der Waals surface area (Å²) in [4.78, 5) is 0. The molecule has 0 amide bonds. The number of aliphatic hydroxyl groups is 1. The van der Waals surface area contributed by atoms with Gasteiger partial charge in [-0.3, -0.25) is 0 Å². The topological polar surface area (TPSA) is 46.2 Å². The fraction of sp³-hybridized carbons (Fsp3) is 1.00. The summed E-state index contributed by atoms with van der Waals surface area (Å²) >= 11 is 0. The highest BCUT2D eigenvalue weighted by Crippen LogP contribution is 2.22. The zero-order valence-electron chi connectivity index (χ0n) is 5.88. The first kappa shape index (κ1) is 7.03. The predicted molar refractivity (Wildman–Crippen MR) is 37.0 cm³/mol. The van der Waals surface area contributed by atoms with Crippen molar-refractivity contribution < 1.29 is 5.11 Å². The molecule has 1 saturated carbocycles. The van der Waals surface area contributed by atoms with Crippen LogP contribution in [0.25, 0.3) is 0 Å². The minimum absolute atomic E-state index is 0.0928. The molecule has 9 heavy (non-hydrogen) atoms. The monoisotopic (exact) mass is 129 g/mol. The third-order valence-corrected chi connectivity index (χ3v) is 2.16. The van der Waals surface area contributed by atoms with Crippen LogP contribution in [0.4, 0.5) is 0 Å². The van der Waals surface area contributed by atoms with Gasteiger partial charge in [-0.25, -0.2) is 0 Å². The van der Waals surface area contributed by atoms with Crippen molar-refractivity contribution in [1.82, 2.24) is 0 Å². The van der Waals surface area contributed by atoms with Crippen molar-refractivity contribution in [2.24, 2.45) is 11.7 Å². The van der Waals surface area contributed by atoms with Crippen LogP contribution in [0.2, 0.25) is 0 Å². The van der Waals surface area contributed by atoms with Gasteiger partial charge < -0.3 is 10.8 Å². The van der Waals surface area contributed by atoms with Gasteiger partial charge in [-0.1, -0.05) is 6.92 Å². The molecule has 0 aromatic carbocycles. The Morgan fingerprint density at radius 3 is 2.56 bits per heavy atom. The predicted octanol–water partition coefficient (Wildman–Crippen LogP) is 0.495. The van der Waals surface area contributed by atoms with E-state index in [-0.39, 0.29) is 6.10 Å². The first-order chi connectivity index (χ1) is 4.20. The van der Waals surface area contributed by atoms with Gasteiger partial charge in [0, 0.05) is 6.04 Å². The van der Waals surface area contributed by atoms with E-state index in [0.29, 0.717) is 12.0 Å². The highest BCUT2D eigenvalue weighted by molar-refractivity contribution is 4.78. The molecular weight excluding hydrogens is 114 g/mol. The summed E-state index contributed by atoms with van der Waals surface area (Å²) in [7, 11) is 0. The van der Waals surface area contributed by atoms with E-state index in [1.807, 2.05) is 0 Å². The molecule has 1 aliphatic rings.